The van der Waals surface area contributed by atoms with Gasteiger partial charge in [-0.15, -0.1) is 0 Å². The summed E-state index contributed by atoms with van der Waals surface area (Å²) in [7, 11) is -3.55. The molecule has 0 aromatic carbocycles. The fourth-order valence-electron chi connectivity index (χ4n) is 1.94. The van der Waals surface area contributed by atoms with Gasteiger partial charge in [-0.25, -0.2) is 13.1 Å². The van der Waals surface area contributed by atoms with Gasteiger partial charge < -0.3 is 5.11 Å². The normalized spacial score (nSPS) is 16.3. The Balaban J connectivity index is 2.12. The molecule has 1 aliphatic carbocycles. The van der Waals surface area contributed by atoms with E-state index >= 15 is 0 Å². The summed E-state index contributed by atoms with van der Waals surface area (Å²) in [5.41, 5.74) is 0.619. The molecule has 0 radical (unpaired) electrons. The lowest BCUT2D eigenvalue weighted by Gasteiger charge is -2.13. The highest BCUT2D eigenvalue weighted by atomic mass is 32.2. The maximum absolute atomic E-state index is 12.2. The van der Waals surface area contributed by atoms with Crippen LogP contribution in [0.3, 0.4) is 0 Å². The van der Waals surface area contributed by atoms with Gasteiger partial charge in [0.2, 0.25) is 10.0 Å². The number of nitrogens with zero attached hydrogens (tertiary/aromatic N) is 1. The highest BCUT2D eigenvalue weighted by molar-refractivity contribution is 7.89. The number of hydrogen-bond donors (Lipinski definition) is 2. The molecule has 2 N–H and O–H groups in total. The third-order valence-corrected chi connectivity index (χ3v) is 5.05. The van der Waals surface area contributed by atoms with Crippen LogP contribution in [0.15, 0.2) is 23.4 Å². The molecule has 1 aliphatic rings. The number of nitrogens with one attached hydrogen (secondary N) is 1. The van der Waals surface area contributed by atoms with E-state index in [0.717, 1.165) is 19.3 Å². The number of aliphatic hydroxyl groups excluding tert-OH is 1. The van der Waals surface area contributed by atoms with Gasteiger partial charge >= 0.3 is 0 Å². The van der Waals surface area contributed by atoms with Crippen molar-refractivity contribution in [1.82, 2.24) is 9.71 Å². The zero-order chi connectivity index (χ0) is 14.6. The number of pyridine rings is 1. The average molecular weight is 294 g/mol. The molecule has 0 atom stereocenters. The smallest absolute Gasteiger partial charge is 0.242 e. The Hall–Kier alpha value is -1.42. The molecule has 1 aromatic rings. The lowest BCUT2D eigenvalue weighted by Crippen LogP contribution is -2.30. The third kappa shape index (κ3) is 3.57. The first-order chi connectivity index (χ1) is 9.51. The Bertz CT molecular complexity index is 640. The van der Waals surface area contributed by atoms with Gasteiger partial charge in [0.25, 0.3) is 0 Å². The van der Waals surface area contributed by atoms with Gasteiger partial charge in [-0.2, -0.15) is 0 Å². The van der Waals surface area contributed by atoms with Crippen molar-refractivity contribution in [3.63, 3.8) is 0 Å². The van der Waals surface area contributed by atoms with Gasteiger partial charge in [0.05, 0.1) is 0 Å². The van der Waals surface area contributed by atoms with Gasteiger partial charge in [-0.3, -0.25) is 4.98 Å². The van der Waals surface area contributed by atoms with E-state index in [1.165, 1.54) is 18.5 Å². The van der Waals surface area contributed by atoms with Crippen LogP contribution in [0.1, 0.15) is 31.7 Å². The van der Waals surface area contributed by atoms with Crippen molar-refractivity contribution >= 4 is 10.0 Å². The van der Waals surface area contributed by atoms with Gasteiger partial charge in [-0.05, 0) is 30.7 Å². The molecule has 0 spiro atoms. The van der Waals surface area contributed by atoms with Crippen molar-refractivity contribution < 1.29 is 13.5 Å². The second-order valence-electron chi connectivity index (χ2n) is 5.05. The molecule has 5 nitrogen and oxygen atoms in total. The molecule has 1 saturated carbocycles. The molecule has 1 aromatic heterocycles. The van der Waals surface area contributed by atoms with Crippen LogP contribution in [0.25, 0.3) is 0 Å². The quantitative estimate of drug-likeness (QED) is 0.791. The van der Waals surface area contributed by atoms with Gasteiger partial charge in [0, 0.05) is 24.5 Å². The SMILES string of the molecule is CCC1(CNS(=O)(=O)c2cncc(C#CCO)c2)CC1. The number of rotatable bonds is 5. The maximum atomic E-state index is 12.2. The fourth-order valence-corrected chi connectivity index (χ4v) is 3.08. The molecule has 0 amide bonds. The van der Waals surface area contributed by atoms with Crippen LogP contribution in [0.4, 0.5) is 0 Å². The summed E-state index contributed by atoms with van der Waals surface area (Å²) in [6, 6.07) is 1.46. The van der Waals surface area contributed by atoms with Crippen molar-refractivity contribution in [3.05, 3.63) is 24.0 Å². The monoisotopic (exact) mass is 294 g/mol. The summed E-state index contributed by atoms with van der Waals surface area (Å²) in [5, 5.41) is 8.64. The standard InChI is InChI=1S/C14H18N2O3S/c1-2-14(5-6-14)11-16-20(18,19)13-8-12(4-3-7-17)9-15-10-13/h8-10,16-17H,2,5-7,11H2,1H3. The topological polar surface area (TPSA) is 79.3 Å². The molecule has 2 rings (SSSR count). The van der Waals surface area contributed by atoms with E-state index < -0.39 is 10.0 Å². The summed E-state index contributed by atoms with van der Waals surface area (Å²) in [4.78, 5) is 3.99. The van der Waals surface area contributed by atoms with Crippen LogP contribution in [0.5, 0.6) is 0 Å². The molecule has 0 bridgehead atoms. The highest BCUT2D eigenvalue weighted by Gasteiger charge is 2.41. The zero-order valence-electron chi connectivity index (χ0n) is 11.4. The van der Waals surface area contributed by atoms with E-state index in [1.807, 2.05) is 0 Å². The number of sulfonamides is 1. The predicted octanol–water partition coefficient (Wildman–Crippen LogP) is 0.894. The van der Waals surface area contributed by atoms with Crippen LogP contribution in [-0.4, -0.2) is 31.7 Å². The van der Waals surface area contributed by atoms with Crippen molar-refractivity contribution in [2.45, 2.75) is 31.1 Å². The Morgan fingerprint density at radius 1 is 1.45 bits per heavy atom. The van der Waals surface area contributed by atoms with Crippen LogP contribution in [0, 0.1) is 17.3 Å². The first-order valence-electron chi connectivity index (χ1n) is 6.56. The predicted molar refractivity (Wildman–Crippen MR) is 75.3 cm³/mol. The van der Waals surface area contributed by atoms with Crippen LogP contribution < -0.4 is 4.72 Å². The minimum atomic E-state index is -3.55. The Morgan fingerprint density at radius 3 is 2.80 bits per heavy atom. The van der Waals surface area contributed by atoms with Gasteiger partial charge in [-0.1, -0.05) is 18.8 Å². The molecule has 0 unspecified atom stereocenters. The summed E-state index contributed by atoms with van der Waals surface area (Å²) in [6.07, 6.45) is 5.91. The maximum Gasteiger partial charge on any atom is 0.242 e. The fraction of sp³-hybridized carbons (Fsp3) is 0.500. The molecular formula is C14H18N2O3S. The molecule has 6 heteroatoms. The van der Waals surface area contributed by atoms with Crippen LogP contribution in [0.2, 0.25) is 0 Å². The second-order valence-corrected chi connectivity index (χ2v) is 6.81. The van der Waals surface area contributed by atoms with Crippen LogP contribution >= 0.6 is 0 Å². The van der Waals surface area contributed by atoms with Crippen molar-refractivity contribution in [1.29, 1.82) is 0 Å². The van der Waals surface area contributed by atoms with E-state index in [2.05, 4.69) is 28.5 Å². The second kappa shape index (κ2) is 5.92. The molecular weight excluding hydrogens is 276 g/mol. The number of aromatic nitrogens is 1. The summed E-state index contributed by atoms with van der Waals surface area (Å²) < 4.78 is 27.0. The van der Waals surface area contributed by atoms with Crippen molar-refractivity contribution in [3.8, 4) is 11.8 Å². The Labute approximate surface area is 119 Å². The highest BCUT2D eigenvalue weighted by Crippen LogP contribution is 2.48. The van der Waals surface area contributed by atoms with Crippen molar-refractivity contribution in [2.24, 2.45) is 5.41 Å². The van der Waals surface area contributed by atoms with E-state index in [0.29, 0.717) is 12.1 Å². The largest absolute Gasteiger partial charge is 0.384 e. The first kappa shape index (κ1) is 15.0. The number of hydrogen-bond acceptors (Lipinski definition) is 4. The Morgan fingerprint density at radius 2 is 2.20 bits per heavy atom. The van der Waals surface area contributed by atoms with Crippen LogP contribution in [-0.2, 0) is 10.0 Å². The summed E-state index contributed by atoms with van der Waals surface area (Å²) in [6.45, 7) is 2.28. The molecule has 0 aliphatic heterocycles. The van der Waals surface area contributed by atoms with Crippen molar-refractivity contribution in [2.75, 3.05) is 13.2 Å². The third-order valence-electron chi connectivity index (χ3n) is 3.68. The molecule has 108 valence electrons. The van der Waals surface area contributed by atoms with E-state index in [9.17, 15) is 8.42 Å². The lowest BCUT2D eigenvalue weighted by atomic mass is 10.1. The molecule has 0 saturated heterocycles. The van der Waals surface area contributed by atoms with Gasteiger partial charge in [0.15, 0.2) is 0 Å². The Kier molecular flexibility index (Phi) is 4.43. The zero-order valence-corrected chi connectivity index (χ0v) is 12.2. The molecule has 20 heavy (non-hydrogen) atoms. The van der Waals surface area contributed by atoms with E-state index in [-0.39, 0.29) is 16.9 Å². The molecule has 1 fully saturated rings. The summed E-state index contributed by atoms with van der Waals surface area (Å²) >= 11 is 0. The first-order valence-corrected chi connectivity index (χ1v) is 8.04. The average Bonchev–Trinajstić information content (AvgIpc) is 3.24. The lowest BCUT2D eigenvalue weighted by molar-refractivity contribution is 0.350. The number of aliphatic hydroxyl groups is 1. The summed E-state index contributed by atoms with van der Waals surface area (Å²) in [5.74, 6) is 5.12. The minimum Gasteiger partial charge on any atom is -0.384 e. The van der Waals surface area contributed by atoms with Gasteiger partial charge in [0.1, 0.15) is 11.5 Å². The van der Waals surface area contributed by atoms with E-state index in [1.54, 1.807) is 0 Å². The van der Waals surface area contributed by atoms with E-state index in [4.69, 9.17) is 5.11 Å². The minimum absolute atomic E-state index is 0.106. The molecule has 1 heterocycles.